The van der Waals surface area contributed by atoms with Crippen molar-refractivity contribution < 1.29 is 12.6 Å². The normalized spacial score (nSPS) is 12.1. The molecule has 0 radical (unpaired) electrons. The van der Waals surface area contributed by atoms with E-state index in [1.807, 2.05) is 25.1 Å². The first-order valence-corrected chi connectivity index (χ1v) is 11.0. The molecule has 0 amide bonds. The SMILES string of the molecule is CC(OS(=O)(=O)c1ccc(C)cc1)=C(Cc1ccc(Cl)cc1)c1cccc(C#N)c1. The van der Waals surface area contributed by atoms with Crippen molar-refractivity contribution in [3.05, 3.63) is 106 Å². The Morgan fingerprint density at radius 1 is 1.03 bits per heavy atom. The Balaban J connectivity index is 2.04. The minimum absolute atomic E-state index is 0.0871. The summed E-state index contributed by atoms with van der Waals surface area (Å²) in [5.41, 5.74) is 3.77. The molecular formula is C24H20ClNO3S. The molecule has 0 unspecified atom stereocenters. The number of hydrogen-bond acceptors (Lipinski definition) is 4. The van der Waals surface area contributed by atoms with Crippen LogP contribution in [0.1, 0.15) is 29.2 Å². The summed E-state index contributed by atoms with van der Waals surface area (Å²) in [6.07, 6.45) is 0.418. The van der Waals surface area contributed by atoms with Gasteiger partial charge in [-0.05, 0) is 61.4 Å². The first-order valence-electron chi connectivity index (χ1n) is 9.24. The predicted molar refractivity (Wildman–Crippen MR) is 118 cm³/mol. The van der Waals surface area contributed by atoms with Crippen molar-refractivity contribution in [3.8, 4) is 6.07 Å². The molecule has 3 rings (SSSR count). The van der Waals surface area contributed by atoms with Gasteiger partial charge in [0.05, 0.1) is 11.6 Å². The Hall–Kier alpha value is -3.07. The number of benzene rings is 3. The molecule has 0 aromatic heterocycles. The maximum Gasteiger partial charge on any atom is 0.338 e. The second kappa shape index (κ2) is 9.17. The number of nitriles is 1. The molecule has 3 aromatic rings. The monoisotopic (exact) mass is 437 g/mol. The molecule has 0 saturated carbocycles. The minimum Gasteiger partial charge on any atom is -0.383 e. The van der Waals surface area contributed by atoms with Crippen LogP contribution in [-0.4, -0.2) is 8.42 Å². The molecule has 152 valence electrons. The maximum absolute atomic E-state index is 12.8. The fourth-order valence-electron chi connectivity index (χ4n) is 2.98. The highest BCUT2D eigenvalue weighted by molar-refractivity contribution is 7.86. The maximum atomic E-state index is 12.8. The van der Waals surface area contributed by atoms with Crippen LogP contribution in [0.25, 0.3) is 5.57 Å². The van der Waals surface area contributed by atoms with E-state index < -0.39 is 10.1 Å². The van der Waals surface area contributed by atoms with Crippen molar-refractivity contribution in [3.63, 3.8) is 0 Å². The Morgan fingerprint density at radius 2 is 1.70 bits per heavy atom. The number of allylic oxidation sites excluding steroid dienone is 2. The van der Waals surface area contributed by atoms with Gasteiger partial charge in [-0.2, -0.15) is 13.7 Å². The highest BCUT2D eigenvalue weighted by Crippen LogP contribution is 2.28. The van der Waals surface area contributed by atoms with E-state index >= 15 is 0 Å². The Morgan fingerprint density at radius 3 is 2.33 bits per heavy atom. The van der Waals surface area contributed by atoms with Gasteiger partial charge < -0.3 is 4.18 Å². The zero-order valence-electron chi connectivity index (χ0n) is 16.6. The van der Waals surface area contributed by atoms with E-state index in [1.54, 1.807) is 49.4 Å². The largest absolute Gasteiger partial charge is 0.383 e. The summed E-state index contributed by atoms with van der Waals surface area (Å²) in [6, 6.07) is 22.9. The van der Waals surface area contributed by atoms with Gasteiger partial charge in [0.15, 0.2) is 0 Å². The summed E-state index contributed by atoms with van der Waals surface area (Å²) >= 11 is 5.98. The Bertz CT molecular complexity index is 1220. The van der Waals surface area contributed by atoms with Crippen molar-refractivity contribution in [2.24, 2.45) is 0 Å². The van der Waals surface area contributed by atoms with Crippen LogP contribution in [0.15, 0.2) is 83.5 Å². The standard InChI is InChI=1S/C24H20ClNO3S/c1-17-6-12-23(13-7-17)30(27,28)29-18(2)24(15-19-8-10-22(25)11-9-19)21-5-3-4-20(14-21)16-26/h3-14H,15H2,1-2H3. The lowest BCUT2D eigenvalue weighted by Crippen LogP contribution is -2.07. The molecule has 0 aliphatic carbocycles. The quantitative estimate of drug-likeness (QED) is 0.355. The van der Waals surface area contributed by atoms with Gasteiger partial charge in [-0.15, -0.1) is 0 Å². The van der Waals surface area contributed by atoms with E-state index in [2.05, 4.69) is 6.07 Å². The number of hydrogen-bond donors (Lipinski definition) is 0. The van der Waals surface area contributed by atoms with Crippen molar-refractivity contribution in [2.75, 3.05) is 0 Å². The van der Waals surface area contributed by atoms with E-state index in [4.69, 9.17) is 15.8 Å². The van der Waals surface area contributed by atoms with Crippen molar-refractivity contribution in [1.29, 1.82) is 5.26 Å². The van der Waals surface area contributed by atoms with Crippen LogP contribution in [0.5, 0.6) is 0 Å². The fourth-order valence-corrected chi connectivity index (χ4v) is 4.10. The topological polar surface area (TPSA) is 67.2 Å². The van der Waals surface area contributed by atoms with Crippen LogP contribution in [0.3, 0.4) is 0 Å². The predicted octanol–water partition coefficient (Wildman–Crippen LogP) is 5.90. The van der Waals surface area contributed by atoms with E-state index in [0.29, 0.717) is 22.6 Å². The molecule has 0 saturated heterocycles. The smallest absolute Gasteiger partial charge is 0.338 e. The van der Waals surface area contributed by atoms with E-state index in [-0.39, 0.29) is 10.7 Å². The Kier molecular flexibility index (Phi) is 6.61. The summed E-state index contributed by atoms with van der Waals surface area (Å²) in [6.45, 7) is 3.50. The van der Waals surface area contributed by atoms with Gasteiger partial charge in [-0.25, -0.2) is 0 Å². The van der Waals surface area contributed by atoms with Crippen LogP contribution in [0, 0.1) is 18.3 Å². The molecule has 4 nitrogen and oxygen atoms in total. The molecule has 0 aliphatic rings. The third kappa shape index (κ3) is 5.29. The summed E-state index contributed by atoms with van der Waals surface area (Å²) in [5.74, 6) is 0.251. The highest BCUT2D eigenvalue weighted by atomic mass is 35.5. The number of halogens is 1. The van der Waals surface area contributed by atoms with Gasteiger partial charge in [-0.3, -0.25) is 0 Å². The first kappa shape index (κ1) is 21.6. The van der Waals surface area contributed by atoms with E-state index in [1.165, 1.54) is 12.1 Å². The molecule has 6 heteroatoms. The summed E-state index contributed by atoms with van der Waals surface area (Å²) < 4.78 is 31.1. The van der Waals surface area contributed by atoms with Crippen LogP contribution in [-0.2, 0) is 20.7 Å². The third-order valence-electron chi connectivity index (χ3n) is 4.60. The van der Waals surface area contributed by atoms with Gasteiger partial charge >= 0.3 is 10.1 Å². The van der Waals surface area contributed by atoms with Crippen LogP contribution in [0.4, 0.5) is 0 Å². The molecule has 0 N–H and O–H groups in total. The molecule has 0 bridgehead atoms. The number of rotatable bonds is 6. The molecule has 0 atom stereocenters. The summed E-state index contributed by atoms with van der Waals surface area (Å²) in [5, 5.41) is 9.87. The highest BCUT2D eigenvalue weighted by Gasteiger charge is 2.19. The van der Waals surface area contributed by atoms with Crippen molar-refractivity contribution >= 4 is 27.3 Å². The number of aryl methyl sites for hydroxylation is 1. The van der Waals surface area contributed by atoms with Crippen LogP contribution in [0.2, 0.25) is 5.02 Å². The molecule has 0 fully saturated rings. The molecule has 30 heavy (non-hydrogen) atoms. The molecule has 3 aromatic carbocycles. The van der Waals surface area contributed by atoms with Crippen LogP contribution < -0.4 is 0 Å². The van der Waals surface area contributed by atoms with Gasteiger partial charge in [0.25, 0.3) is 0 Å². The van der Waals surface area contributed by atoms with E-state index in [9.17, 15) is 13.7 Å². The van der Waals surface area contributed by atoms with Crippen LogP contribution >= 0.6 is 11.6 Å². The van der Waals surface area contributed by atoms with Crippen molar-refractivity contribution in [2.45, 2.75) is 25.2 Å². The minimum atomic E-state index is -3.99. The number of nitrogens with zero attached hydrogens (tertiary/aromatic N) is 1. The van der Waals surface area contributed by atoms with Gasteiger partial charge in [-0.1, -0.05) is 53.6 Å². The van der Waals surface area contributed by atoms with Gasteiger partial charge in [0.2, 0.25) is 0 Å². The Labute approximate surface area is 182 Å². The second-order valence-electron chi connectivity index (χ2n) is 6.88. The summed E-state index contributed by atoms with van der Waals surface area (Å²) in [7, 11) is -3.99. The third-order valence-corrected chi connectivity index (χ3v) is 6.17. The zero-order valence-corrected chi connectivity index (χ0v) is 18.2. The average molecular weight is 438 g/mol. The fraction of sp³-hybridized carbons (Fsp3) is 0.125. The summed E-state index contributed by atoms with van der Waals surface area (Å²) in [4.78, 5) is 0.0871. The average Bonchev–Trinajstić information content (AvgIpc) is 2.73. The van der Waals surface area contributed by atoms with Crippen molar-refractivity contribution in [1.82, 2.24) is 0 Å². The van der Waals surface area contributed by atoms with Gasteiger partial charge in [0, 0.05) is 17.0 Å². The molecule has 0 heterocycles. The van der Waals surface area contributed by atoms with Gasteiger partial charge in [0.1, 0.15) is 10.7 Å². The zero-order chi connectivity index (χ0) is 21.7. The lowest BCUT2D eigenvalue weighted by atomic mass is 9.96. The lowest BCUT2D eigenvalue weighted by Gasteiger charge is -2.15. The molecule has 0 spiro atoms. The first-order chi connectivity index (χ1) is 14.3. The molecule has 0 aliphatic heterocycles. The lowest BCUT2D eigenvalue weighted by molar-refractivity contribution is 0.409. The second-order valence-corrected chi connectivity index (χ2v) is 8.86. The van der Waals surface area contributed by atoms with E-state index in [0.717, 1.165) is 16.7 Å². The molecular weight excluding hydrogens is 418 g/mol.